The topological polar surface area (TPSA) is 105 Å². The van der Waals surface area contributed by atoms with Crippen molar-refractivity contribution >= 4 is 17.3 Å². The van der Waals surface area contributed by atoms with Crippen LogP contribution in [-0.2, 0) is 4.79 Å². The number of nitrogens with zero attached hydrogens (tertiary/aromatic N) is 2. The molecule has 7 heteroatoms. The van der Waals surface area contributed by atoms with Crippen molar-refractivity contribution in [3.8, 4) is 0 Å². The van der Waals surface area contributed by atoms with Gasteiger partial charge in [-0.05, 0) is 11.6 Å². The molecule has 0 saturated carbocycles. The van der Waals surface area contributed by atoms with Crippen LogP contribution in [0.3, 0.4) is 0 Å². The number of nitro groups is 1. The van der Waals surface area contributed by atoms with Crippen LogP contribution in [0.15, 0.2) is 48.8 Å². The molecule has 1 atom stereocenters. The number of aliphatic carboxylic acids is 1. The molecule has 0 saturated heterocycles. The predicted octanol–water partition coefficient (Wildman–Crippen LogP) is 2.27. The van der Waals surface area contributed by atoms with Crippen LogP contribution in [0, 0.1) is 10.1 Å². The highest BCUT2D eigenvalue weighted by Crippen LogP contribution is 2.24. The first-order valence-corrected chi connectivity index (χ1v) is 6.19. The van der Waals surface area contributed by atoms with Gasteiger partial charge in [0.15, 0.2) is 0 Å². The molecule has 7 nitrogen and oxygen atoms in total. The van der Waals surface area contributed by atoms with E-state index in [9.17, 15) is 20.0 Å². The molecular weight excluding hydrogens is 274 g/mol. The third kappa shape index (κ3) is 3.53. The molecule has 21 heavy (non-hydrogen) atoms. The third-order valence-corrected chi connectivity index (χ3v) is 2.99. The zero-order valence-corrected chi connectivity index (χ0v) is 11.0. The van der Waals surface area contributed by atoms with E-state index in [1.54, 1.807) is 30.3 Å². The van der Waals surface area contributed by atoms with Gasteiger partial charge in [0.1, 0.15) is 11.9 Å². The van der Waals surface area contributed by atoms with E-state index in [4.69, 9.17) is 0 Å². The summed E-state index contributed by atoms with van der Waals surface area (Å²) >= 11 is 0. The highest BCUT2D eigenvalue weighted by Gasteiger charge is 2.21. The van der Waals surface area contributed by atoms with Gasteiger partial charge in [0.2, 0.25) is 0 Å². The highest BCUT2D eigenvalue weighted by atomic mass is 16.6. The van der Waals surface area contributed by atoms with Gasteiger partial charge < -0.3 is 10.4 Å². The van der Waals surface area contributed by atoms with Gasteiger partial charge in [-0.1, -0.05) is 30.3 Å². The van der Waals surface area contributed by atoms with E-state index in [-0.39, 0.29) is 17.9 Å². The molecule has 0 aliphatic rings. The number of aromatic nitrogens is 1. The minimum Gasteiger partial charge on any atom is -0.481 e. The van der Waals surface area contributed by atoms with Gasteiger partial charge in [-0.25, -0.2) is 0 Å². The molecule has 0 fully saturated rings. The Balaban J connectivity index is 2.17. The fourth-order valence-corrected chi connectivity index (χ4v) is 1.93. The number of rotatable bonds is 6. The van der Waals surface area contributed by atoms with Crippen molar-refractivity contribution in [1.82, 2.24) is 4.98 Å². The Labute approximate surface area is 120 Å². The Morgan fingerprint density at radius 3 is 2.67 bits per heavy atom. The Kier molecular flexibility index (Phi) is 4.45. The molecule has 0 spiro atoms. The first kappa shape index (κ1) is 14.4. The monoisotopic (exact) mass is 287 g/mol. The summed E-state index contributed by atoms with van der Waals surface area (Å²) < 4.78 is 0. The van der Waals surface area contributed by atoms with Crippen LogP contribution in [0.2, 0.25) is 0 Å². The van der Waals surface area contributed by atoms with E-state index < -0.39 is 16.8 Å². The fraction of sp³-hybridized carbons (Fsp3) is 0.143. The Morgan fingerprint density at radius 1 is 1.33 bits per heavy atom. The number of benzene rings is 1. The fourth-order valence-electron chi connectivity index (χ4n) is 1.93. The maximum absolute atomic E-state index is 11.4. The summed E-state index contributed by atoms with van der Waals surface area (Å²) in [5, 5.41) is 23.0. The normalized spacial score (nSPS) is 11.6. The number of hydrogen-bond acceptors (Lipinski definition) is 5. The summed E-state index contributed by atoms with van der Waals surface area (Å²) in [7, 11) is 0. The van der Waals surface area contributed by atoms with Crippen LogP contribution < -0.4 is 5.32 Å². The van der Waals surface area contributed by atoms with Crippen molar-refractivity contribution in [3.63, 3.8) is 0 Å². The van der Waals surface area contributed by atoms with Crippen LogP contribution in [0.4, 0.5) is 11.4 Å². The van der Waals surface area contributed by atoms with Crippen LogP contribution in [-0.4, -0.2) is 27.5 Å². The van der Waals surface area contributed by atoms with Crippen LogP contribution in [0.5, 0.6) is 0 Å². The lowest BCUT2D eigenvalue weighted by Crippen LogP contribution is -2.21. The molecule has 1 heterocycles. The van der Waals surface area contributed by atoms with E-state index >= 15 is 0 Å². The number of carbonyl (C=O) groups is 1. The summed E-state index contributed by atoms with van der Waals surface area (Å²) in [5.41, 5.74) is 0.695. The van der Waals surface area contributed by atoms with Crippen molar-refractivity contribution < 1.29 is 14.8 Å². The summed E-state index contributed by atoms with van der Waals surface area (Å²) in [4.78, 5) is 25.4. The van der Waals surface area contributed by atoms with Crippen molar-refractivity contribution in [2.24, 2.45) is 0 Å². The van der Waals surface area contributed by atoms with Gasteiger partial charge in [-0.15, -0.1) is 0 Å². The van der Waals surface area contributed by atoms with Crippen molar-refractivity contribution in [1.29, 1.82) is 0 Å². The van der Waals surface area contributed by atoms with Crippen molar-refractivity contribution in [3.05, 3.63) is 64.5 Å². The second kappa shape index (κ2) is 6.47. The molecule has 0 radical (unpaired) electrons. The Morgan fingerprint density at radius 2 is 2.05 bits per heavy atom. The number of hydrogen-bond donors (Lipinski definition) is 2. The van der Waals surface area contributed by atoms with Gasteiger partial charge in [0, 0.05) is 12.7 Å². The molecular formula is C14H13N3O4. The van der Waals surface area contributed by atoms with Gasteiger partial charge in [0.25, 0.3) is 0 Å². The predicted molar refractivity (Wildman–Crippen MR) is 76.2 cm³/mol. The number of nitrogens with one attached hydrogen (secondary N) is 1. The average molecular weight is 287 g/mol. The molecule has 1 aromatic heterocycles. The van der Waals surface area contributed by atoms with Gasteiger partial charge in [0.05, 0.1) is 10.8 Å². The molecule has 0 amide bonds. The lowest BCUT2D eigenvalue weighted by molar-refractivity contribution is -0.384. The second-order valence-corrected chi connectivity index (χ2v) is 4.33. The average Bonchev–Trinajstić information content (AvgIpc) is 2.48. The Bertz CT molecular complexity index is 646. The van der Waals surface area contributed by atoms with Gasteiger partial charge >= 0.3 is 11.7 Å². The highest BCUT2D eigenvalue weighted by molar-refractivity contribution is 5.77. The van der Waals surface area contributed by atoms with E-state index in [0.717, 1.165) is 6.20 Å². The molecule has 2 aromatic rings. The molecule has 0 bridgehead atoms. The zero-order chi connectivity index (χ0) is 15.2. The minimum atomic E-state index is -0.995. The van der Waals surface area contributed by atoms with E-state index in [0.29, 0.717) is 5.56 Å². The number of anilines is 1. The van der Waals surface area contributed by atoms with E-state index in [1.165, 1.54) is 12.3 Å². The standard InChI is InChI=1S/C14H13N3O4/c18-14(19)11(10-4-2-1-3-5-10)8-16-12-6-7-15-9-13(12)17(20)21/h1-7,9,11H,8H2,(H,15,16)(H,18,19). The number of carboxylic acid groups (broad SMARTS) is 1. The molecule has 0 aliphatic carbocycles. The van der Waals surface area contributed by atoms with Crippen molar-refractivity contribution in [2.45, 2.75) is 5.92 Å². The number of carboxylic acids is 1. The van der Waals surface area contributed by atoms with Crippen LogP contribution in [0.25, 0.3) is 0 Å². The second-order valence-electron chi connectivity index (χ2n) is 4.33. The maximum Gasteiger partial charge on any atom is 0.312 e. The third-order valence-electron chi connectivity index (χ3n) is 2.99. The van der Waals surface area contributed by atoms with E-state index in [2.05, 4.69) is 10.3 Å². The van der Waals surface area contributed by atoms with Crippen LogP contribution >= 0.6 is 0 Å². The quantitative estimate of drug-likeness (QED) is 0.623. The first-order chi connectivity index (χ1) is 10.1. The lowest BCUT2D eigenvalue weighted by atomic mass is 9.99. The SMILES string of the molecule is O=C(O)C(CNc1ccncc1[N+](=O)[O-])c1ccccc1. The minimum absolute atomic E-state index is 0.0458. The number of pyridine rings is 1. The zero-order valence-electron chi connectivity index (χ0n) is 11.0. The smallest absolute Gasteiger partial charge is 0.312 e. The summed E-state index contributed by atoms with van der Waals surface area (Å²) in [6.07, 6.45) is 2.54. The first-order valence-electron chi connectivity index (χ1n) is 6.19. The summed E-state index contributed by atoms with van der Waals surface area (Å²) in [6, 6.07) is 10.2. The summed E-state index contributed by atoms with van der Waals surface area (Å²) in [5.74, 6) is -1.79. The van der Waals surface area contributed by atoms with Gasteiger partial charge in [-0.2, -0.15) is 0 Å². The summed E-state index contributed by atoms with van der Waals surface area (Å²) in [6.45, 7) is 0.0458. The molecule has 0 aliphatic heterocycles. The lowest BCUT2D eigenvalue weighted by Gasteiger charge is -2.14. The van der Waals surface area contributed by atoms with Crippen LogP contribution in [0.1, 0.15) is 11.5 Å². The molecule has 2 rings (SSSR count). The van der Waals surface area contributed by atoms with Crippen molar-refractivity contribution in [2.75, 3.05) is 11.9 Å². The molecule has 2 N–H and O–H groups in total. The maximum atomic E-state index is 11.4. The van der Waals surface area contributed by atoms with E-state index in [1.807, 2.05) is 0 Å². The molecule has 108 valence electrons. The molecule has 1 unspecified atom stereocenters. The Hall–Kier alpha value is -2.96. The molecule has 1 aromatic carbocycles. The van der Waals surface area contributed by atoms with Gasteiger partial charge in [-0.3, -0.25) is 19.9 Å². The largest absolute Gasteiger partial charge is 0.481 e.